The standard InChI is InChI=1S/C15H21N3O/c1-11-6-5-7-14(8-11)18-9-12(2)16-15(18)17-13(3)10-19-4/h5-9,13H,10H2,1-4H3,(H,16,17). The predicted molar refractivity (Wildman–Crippen MR) is 78.0 cm³/mol. The van der Waals surface area contributed by atoms with E-state index >= 15 is 0 Å². The second kappa shape index (κ2) is 5.89. The van der Waals surface area contributed by atoms with Crippen molar-refractivity contribution in [1.82, 2.24) is 9.55 Å². The molecule has 2 rings (SSSR count). The van der Waals surface area contributed by atoms with Crippen LogP contribution in [0.3, 0.4) is 0 Å². The summed E-state index contributed by atoms with van der Waals surface area (Å²) in [6.07, 6.45) is 2.04. The SMILES string of the molecule is COCC(C)Nc1nc(C)cn1-c1cccc(C)c1. The molecule has 1 unspecified atom stereocenters. The second-order valence-corrected chi connectivity index (χ2v) is 4.92. The molecule has 0 amide bonds. The normalized spacial score (nSPS) is 12.4. The summed E-state index contributed by atoms with van der Waals surface area (Å²) in [7, 11) is 1.70. The number of aryl methyl sites for hydroxylation is 2. The Hall–Kier alpha value is -1.81. The van der Waals surface area contributed by atoms with E-state index in [1.54, 1.807) is 7.11 Å². The number of hydrogen-bond donors (Lipinski definition) is 1. The number of ether oxygens (including phenoxy) is 1. The van der Waals surface area contributed by atoms with Crippen LogP contribution in [0.1, 0.15) is 18.2 Å². The molecule has 0 aliphatic carbocycles. The fourth-order valence-electron chi connectivity index (χ4n) is 2.09. The topological polar surface area (TPSA) is 39.1 Å². The Kier molecular flexibility index (Phi) is 4.22. The van der Waals surface area contributed by atoms with E-state index in [-0.39, 0.29) is 6.04 Å². The molecule has 1 N–H and O–H groups in total. The van der Waals surface area contributed by atoms with E-state index in [4.69, 9.17) is 4.74 Å². The maximum absolute atomic E-state index is 5.15. The summed E-state index contributed by atoms with van der Waals surface area (Å²) in [5, 5.41) is 3.38. The van der Waals surface area contributed by atoms with Crippen LogP contribution in [0.15, 0.2) is 30.5 Å². The van der Waals surface area contributed by atoms with Crippen LogP contribution >= 0.6 is 0 Å². The van der Waals surface area contributed by atoms with Crippen molar-refractivity contribution in [2.24, 2.45) is 0 Å². The highest BCUT2D eigenvalue weighted by Gasteiger charge is 2.10. The van der Waals surface area contributed by atoms with Gasteiger partial charge >= 0.3 is 0 Å². The summed E-state index contributed by atoms with van der Waals surface area (Å²) < 4.78 is 7.23. The van der Waals surface area contributed by atoms with Crippen LogP contribution in [0.5, 0.6) is 0 Å². The molecule has 0 aliphatic heterocycles. The number of imidazole rings is 1. The molecule has 1 heterocycles. The summed E-state index contributed by atoms with van der Waals surface area (Å²) >= 11 is 0. The molecule has 0 fully saturated rings. The minimum Gasteiger partial charge on any atom is -0.383 e. The van der Waals surface area contributed by atoms with Gasteiger partial charge in [0.1, 0.15) is 0 Å². The van der Waals surface area contributed by atoms with Gasteiger partial charge in [-0.2, -0.15) is 0 Å². The first kappa shape index (κ1) is 13.6. The van der Waals surface area contributed by atoms with Gasteiger partial charge in [0, 0.05) is 25.0 Å². The van der Waals surface area contributed by atoms with Gasteiger partial charge in [0.25, 0.3) is 0 Å². The summed E-state index contributed by atoms with van der Waals surface area (Å²) in [6, 6.07) is 8.60. The number of anilines is 1. The van der Waals surface area contributed by atoms with E-state index in [0.717, 1.165) is 17.3 Å². The zero-order valence-corrected chi connectivity index (χ0v) is 12.0. The maximum atomic E-state index is 5.15. The largest absolute Gasteiger partial charge is 0.383 e. The van der Waals surface area contributed by atoms with Crippen LogP contribution in [-0.4, -0.2) is 29.3 Å². The minimum atomic E-state index is 0.218. The Morgan fingerprint density at radius 3 is 2.84 bits per heavy atom. The van der Waals surface area contributed by atoms with Gasteiger partial charge in [0.2, 0.25) is 5.95 Å². The van der Waals surface area contributed by atoms with Crippen LogP contribution in [-0.2, 0) is 4.74 Å². The minimum absolute atomic E-state index is 0.218. The van der Waals surface area contributed by atoms with Crippen molar-refractivity contribution < 1.29 is 4.74 Å². The molecule has 1 atom stereocenters. The summed E-state index contributed by atoms with van der Waals surface area (Å²) in [4.78, 5) is 4.54. The quantitative estimate of drug-likeness (QED) is 0.897. The summed E-state index contributed by atoms with van der Waals surface area (Å²) in [6.45, 7) is 6.82. The zero-order valence-electron chi connectivity index (χ0n) is 12.0. The fraction of sp³-hybridized carbons (Fsp3) is 0.400. The zero-order chi connectivity index (χ0) is 13.8. The number of hydrogen-bond acceptors (Lipinski definition) is 3. The van der Waals surface area contributed by atoms with Crippen LogP contribution in [0.25, 0.3) is 5.69 Å². The maximum Gasteiger partial charge on any atom is 0.208 e. The Morgan fingerprint density at radius 2 is 2.16 bits per heavy atom. The monoisotopic (exact) mass is 259 g/mol. The van der Waals surface area contributed by atoms with Crippen molar-refractivity contribution in [2.75, 3.05) is 19.0 Å². The van der Waals surface area contributed by atoms with E-state index in [9.17, 15) is 0 Å². The molecule has 0 radical (unpaired) electrons. The number of aromatic nitrogens is 2. The van der Waals surface area contributed by atoms with Crippen LogP contribution in [0.2, 0.25) is 0 Å². The van der Waals surface area contributed by atoms with Gasteiger partial charge in [-0.05, 0) is 38.5 Å². The van der Waals surface area contributed by atoms with Crippen LogP contribution < -0.4 is 5.32 Å². The Morgan fingerprint density at radius 1 is 1.37 bits per heavy atom. The Labute approximate surface area is 114 Å². The Bertz CT molecular complexity index is 548. The van der Waals surface area contributed by atoms with Gasteiger partial charge in [0.15, 0.2) is 0 Å². The van der Waals surface area contributed by atoms with Gasteiger partial charge in [-0.3, -0.25) is 4.57 Å². The first-order valence-electron chi connectivity index (χ1n) is 6.48. The number of nitrogens with one attached hydrogen (secondary N) is 1. The molecule has 2 aromatic rings. The Balaban J connectivity index is 2.30. The third-order valence-electron chi connectivity index (χ3n) is 2.90. The number of nitrogens with zero attached hydrogens (tertiary/aromatic N) is 2. The van der Waals surface area contributed by atoms with Crippen molar-refractivity contribution in [1.29, 1.82) is 0 Å². The van der Waals surface area contributed by atoms with E-state index < -0.39 is 0 Å². The lowest BCUT2D eigenvalue weighted by atomic mass is 10.2. The number of rotatable bonds is 5. The van der Waals surface area contributed by atoms with E-state index in [1.807, 2.05) is 13.1 Å². The summed E-state index contributed by atoms with van der Waals surface area (Å²) in [5.41, 5.74) is 3.35. The number of methoxy groups -OCH3 is 1. The molecule has 19 heavy (non-hydrogen) atoms. The molecule has 4 nitrogen and oxygen atoms in total. The average molecular weight is 259 g/mol. The third-order valence-corrected chi connectivity index (χ3v) is 2.90. The molecule has 0 saturated carbocycles. The van der Waals surface area contributed by atoms with Crippen molar-refractivity contribution >= 4 is 5.95 Å². The fourth-order valence-corrected chi connectivity index (χ4v) is 2.09. The first-order valence-corrected chi connectivity index (χ1v) is 6.48. The van der Waals surface area contributed by atoms with Crippen molar-refractivity contribution in [3.63, 3.8) is 0 Å². The highest BCUT2D eigenvalue weighted by Crippen LogP contribution is 2.18. The van der Waals surface area contributed by atoms with Crippen LogP contribution in [0.4, 0.5) is 5.95 Å². The van der Waals surface area contributed by atoms with Gasteiger partial charge in [-0.25, -0.2) is 4.98 Å². The third kappa shape index (κ3) is 3.35. The molecule has 0 bridgehead atoms. The van der Waals surface area contributed by atoms with Crippen molar-refractivity contribution in [2.45, 2.75) is 26.8 Å². The summed E-state index contributed by atoms with van der Waals surface area (Å²) in [5.74, 6) is 0.854. The van der Waals surface area contributed by atoms with Gasteiger partial charge < -0.3 is 10.1 Å². The molecule has 0 aliphatic rings. The lowest BCUT2D eigenvalue weighted by molar-refractivity contribution is 0.190. The van der Waals surface area contributed by atoms with E-state index in [2.05, 4.69) is 53.0 Å². The highest BCUT2D eigenvalue weighted by molar-refractivity contribution is 5.45. The second-order valence-electron chi connectivity index (χ2n) is 4.92. The molecular formula is C15H21N3O. The molecule has 1 aromatic carbocycles. The van der Waals surface area contributed by atoms with Crippen LogP contribution in [0, 0.1) is 13.8 Å². The molecule has 102 valence electrons. The van der Waals surface area contributed by atoms with Gasteiger partial charge in [-0.1, -0.05) is 12.1 Å². The van der Waals surface area contributed by atoms with E-state index in [1.165, 1.54) is 5.56 Å². The first-order chi connectivity index (χ1) is 9.10. The highest BCUT2D eigenvalue weighted by atomic mass is 16.5. The van der Waals surface area contributed by atoms with E-state index in [0.29, 0.717) is 6.61 Å². The average Bonchev–Trinajstić information content (AvgIpc) is 2.70. The molecule has 1 aromatic heterocycles. The van der Waals surface area contributed by atoms with Gasteiger partial charge in [-0.15, -0.1) is 0 Å². The molecule has 4 heteroatoms. The molecular weight excluding hydrogens is 238 g/mol. The van der Waals surface area contributed by atoms with Gasteiger partial charge in [0.05, 0.1) is 12.3 Å². The smallest absolute Gasteiger partial charge is 0.208 e. The van der Waals surface area contributed by atoms with Crippen molar-refractivity contribution in [3.05, 3.63) is 41.7 Å². The molecule has 0 spiro atoms. The lowest BCUT2D eigenvalue weighted by Crippen LogP contribution is -2.22. The lowest BCUT2D eigenvalue weighted by Gasteiger charge is -2.15. The molecule has 0 saturated heterocycles. The van der Waals surface area contributed by atoms with Crippen molar-refractivity contribution in [3.8, 4) is 5.69 Å². The number of benzene rings is 1. The predicted octanol–water partition coefficient (Wildman–Crippen LogP) is 2.94.